The van der Waals surface area contributed by atoms with Crippen LogP contribution < -0.4 is 22.5 Å². The number of rotatable bonds is 12. The van der Waals surface area contributed by atoms with Gasteiger partial charge in [-0.25, -0.2) is 23.3 Å². The quantitative estimate of drug-likeness (QED) is 0.0940. The minimum atomic E-state index is -6.00. The number of phosphoric acid groups is 3. The summed E-state index contributed by atoms with van der Waals surface area (Å²) in [5.41, 5.74) is -3.65. The molecule has 45 heavy (non-hydrogen) atoms. The Hall–Kier alpha value is -2.47. The van der Waals surface area contributed by atoms with E-state index in [1.807, 2.05) is 9.97 Å². The van der Waals surface area contributed by atoms with Crippen LogP contribution >= 0.6 is 23.5 Å². The van der Waals surface area contributed by atoms with Gasteiger partial charge >= 0.3 is 34.8 Å². The molecule has 0 spiro atoms. The summed E-state index contributed by atoms with van der Waals surface area (Å²) in [5.74, 6) is 0. The lowest BCUT2D eigenvalue weighted by atomic mass is 10.1. The molecule has 9 N–H and O–H groups in total. The summed E-state index contributed by atoms with van der Waals surface area (Å²) in [7, 11) is -17.4. The molecule has 0 bridgehead atoms. The van der Waals surface area contributed by atoms with Crippen LogP contribution in [-0.4, -0.2) is 104 Å². The fourth-order valence-electron chi connectivity index (χ4n) is 4.11. The Bertz CT molecular complexity index is 1650. The predicted octanol–water partition coefficient (Wildman–Crippen LogP) is -4.31. The molecular weight excluding hydrogens is 685 g/mol. The summed E-state index contributed by atoms with van der Waals surface area (Å²) in [6.45, 7) is -2.26. The predicted molar refractivity (Wildman–Crippen MR) is 138 cm³/mol. The highest BCUT2D eigenvalue weighted by molar-refractivity contribution is 7.66. The number of ether oxygens (including phenoxy) is 2. The molecule has 6 unspecified atom stereocenters. The summed E-state index contributed by atoms with van der Waals surface area (Å²) >= 11 is 0. The molecule has 2 aliphatic rings. The standard InChI is InChI=1S/C18H25N4O20P3/c23-9-1-3-21(17(29)19-9)15-13(27)11(25)7(39-15)5-37-43(31,32)41-45(35,36)42-44(33,34)38-6-8-12(26)14(28)16(40-8)22-4-2-10(24)20-18(22)30/h1-4,7-8,11-16,25-28H,5-6H2,(H,31,32)(H,33,34)(H,35,36)(H,19,23,29)(H,20,24,30)/t7-,8-,11+,12?,13?,14?,15-,16-/m1/s1. The highest BCUT2D eigenvalue weighted by Gasteiger charge is 2.48. The minimum absolute atomic E-state index is 0.679. The molecule has 11 atom stereocenters. The molecule has 0 radical (unpaired) electrons. The highest BCUT2D eigenvalue weighted by atomic mass is 31.3. The van der Waals surface area contributed by atoms with Crippen LogP contribution in [0, 0.1) is 0 Å². The van der Waals surface area contributed by atoms with Gasteiger partial charge in [-0.15, -0.1) is 0 Å². The van der Waals surface area contributed by atoms with E-state index < -0.39 is 108 Å². The first-order valence-electron chi connectivity index (χ1n) is 12.2. The Morgan fingerprint density at radius 2 is 1.00 bits per heavy atom. The number of aliphatic hydroxyl groups is 4. The van der Waals surface area contributed by atoms with Crippen LogP contribution in [0.1, 0.15) is 12.5 Å². The maximum atomic E-state index is 12.2. The van der Waals surface area contributed by atoms with Crippen molar-refractivity contribution in [3.63, 3.8) is 0 Å². The average Bonchev–Trinajstić information content (AvgIpc) is 3.35. The molecule has 27 heteroatoms. The van der Waals surface area contributed by atoms with Gasteiger partial charge < -0.3 is 44.6 Å². The fraction of sp³-hybridized carbons (Fsp3) is 0.556. The summed E-state index contributed by atoms with van der Waals surface area (Å²) < 4.78 is 65.2. The lowest BCUT2D eigenvalue weighted by Crippen LogP contribution is -2.37. The molecule has 2 fully saturated rings. The van der Waals surface area contributed by atoms with Crippen LogP contribution in [0.2, 0.25) is 0 Å². The zero-order valence-electron chi connectivity index (χ0n) is 22.0. The van der Waals surface area contributed by atoms with E-state index in [0.29, 0.717) is 9.13 Å². The van der Waals surface area contributed by atoms with Crippen molar-refractivity contribution < 1.29 is 75.9 Å². The van der Waals surface area contributed by atoms with E-state index in [1.165, 1.54) is 0 Å². The average molecular weight is 710 g/mol. The zero-order valence-corrected chi connectivity index (χ0v) is 24.7. The van der Waals surface area contributed by atoms with Crippen LogP contribution in [0.4, 0.5) is 0 Å². The Kier molecular flexibility index (Phi) is 10.5. The molecule has 2 aromatic heterocycles. The number of hydrogen-bond donors (Lipinski definition) is 9. The van der Waals surface area contributed by atoms with Gasteiger partial charge in [0.2, 0.25) is 0 Å². The first-order valence-corrected chi connectivity index (χ1v) is 16.6. The van der Waals surface area contributed by atoms with Gasteiger partial charge in [0, 0.05) is 24.5 Å². The van der Waals surface area contributed by atoms with Crippen molar-refractivity contribution in [3.05, 3.63) is 66.2 Å². The third-order valence-electron chi connectivity index (χ3n) is 6.14. The van der Waals surface area contributed by atoms with Crippen molar-refractivity contribution in [2.24, 2.45) is 0 Å². The van der Waals surface area contributed by atoms with E-state index in [2.05, 4.69) is 17.7 Å². The molecule has 252 valence electrons. The van der Waals surface area contributed by atoms with Crippen molar-refractivity contribution in [2.45, 2.75) is 49.1 Å². The first kappa shape index (κ1) is 35.4. The number of aliphatic hydroxyl groups excluding tert-OH is 4. The van der Waals surface area contributed by atoms with Gasteiger partial charge in [0.25, 0.3) is 11.1 Å². The van der Waals surface area contributed by atoms with Gasteiger partial charge in [-0.3, -0.25) is 37.7 Å². The molecule has 24 nitrogen and oxygen atoms in total. The number of aromatic amines is 2. The van der Waals surface area contributed by atoms with Crippen LogP contribution in [0.25, 0.3) is 0 Å². The molecule has 4 heterocycles. The lowest BCUT2D eigenvalue weighted by molar-refractivity contribution is -0.0549. The molecular formula is C18H25N4O20P3. The summed E-state index contributed by atoms with van der Waals surface area (Å²) in [5, 5.41) is 40.7. The molecule has 0 amide bonds. The van der Waals surface area contributed by atoms with Crippen LogP contribution in [0.3, 0.4) is 0 Å². The van der Waals surface area contributed by atoms with Crippen LogP contribution in [-0.2, 0) is 40.8 Å². The van der Waals surface area contributed by atoms with Crippen LogP contribution in [0.15, 0.2) is 43.7 Å². The molecule has 2 aromatic rings. The molecule has 0 saturated carbocycles. The largest absolute Gasteiger partial charge is 0.490 e. The van der Waals surface area contributed by atoms with Gasteiger partial charge in [0.05, 0.1) is 13.2 Å². The Labute approximate surface area is 247 Å². The Morgan fingerprint density at radius 3 is 1.33 bits per heavy atom. The van der Waals surface area contributed by atoms with Crippen molar-refractivity contribution in [2.75, 3.05) is 13.2 Å². The Morgan fingerprint density at radius 1 is 0.644 bits per heavy atom. The number of phosphoric ester groups is 2. The van der Waals surface area contributed by atoms with Gasteiger partial charge in [-0.2, -0.15) is 8.62 Å². The Balaban J connectivity index is 1.31. The second-order valence-electron chi connectivity index (χ2n) is 9.29. The maximum Gasteiger partial charge on any atom is 0.490 e. The van der Waals surface area contributed by atoms with E-state index in [9.17, 15) is 68.0 Å². The monoisotopic (exact) mass is 710 g/mol. The van der Waals surface area contributed by atoms with Crippen molar-refractivity contribution in [1.82, 2.24) is 19.1 Å². The summed E-state index contributed by atoms with van der Waals surface area (Å²) in [6.07, 6.45) is -12.1. The lowest BCUT2D eigenvalue weighted by Gasteiger charge is -2.21. The third kappa shape index (κ3) is 8.47. The van der Waals surface area contributed by atoms with Gasteiger partial charge in [-0.05, 0) is 0 Å². The smallest absolute Gasteiger partial charge is 0.387 e. The zero-order chi connectivity index (χ0) is 33.5. The van der Waals surface area contributed by atoms with E-state index in [4.69, 9.17) is 9.47 Å². The summed E-state index contributed by atoms with van der Waals surface area (Å²) in [4.78, 5) is 79.5. The topological polar surface area (TPSA) is 358 Å². The molecule has 0 aromatic carbocycles. The normalized spacial score (nSPS) is 32.5. The van der Waals surface area contributed by atoms with E-state index in [0.717, 1.165) is 24.5 Å². The second-order valence-corrected chi connectivity index (χ2v) is 13.9. The molecule has 2 aliphatic heterocycles. The molecule has 2 saturated heterocycles. The maximum absolute atomic E-state index is 12.2. The number of aromatic nitrogens is 4. The van der Waals surface area contributed by atoms with Gasteiger partial charge in [-0.1, -0.05) is 0 Å². The van der Waals surface area contributed by atoms with Crippen molar-refractivity contribution in [1.29, 1.82) is 0 Å². The van der Waals surface area contributed by atoms with Gasteiger partial charge in [0.15, 0.2) is 12.5 Å². The van der Waals surface area contributed by atoms with Gasteiger partial charge in [0.1, 0.15) is 36.6 Å². The van der Waals surface area contributed by atoms with E-state index in [1.54, 1.807) is 0 Å². The van der Waals surface area contributed by atoms with E-state index >= 15 is 0 Å². The number of H-pyrrole nitrogens is 2. The highest BCUT2D eigenvalue weighted by Crippen LogP contribution is 2.67. The summed E-state index contributed by atoms with van der Waals surface area (Å²) in [6, 6.07) is 1.79. The van der Waals surface area contributed by atoms with E-state index in [-0.39, 0.29) is 0 Å². The number of hydrogen-bond acceptors (Lipinski definition) is 17. The number of nitrogens with one attached hydrogen (secondary N) is 2. The molecule has 0 aliphatic carbocycles. The first-order chi connectivity index (χ1) is 20.8. The second kappa shape index (κ2) is 13.3. The molecule has 4 rings (SSSR count). The van der Waals surface area contributed by atoms with Crippen molar-refractivity contribution >= 4 is 23.5 Å². The fourth-order valence-corrected chi connectivity index (χ4v) is 7.63. The number of nitrogens with zero attached hydrogens (tertiary/aromatic N) is 2. The third-order valence-corrected chi connectivity index (χ3v) is 10.4. The SMILES string of the molecule is O=c1ccn([C@@H]2O[C@H](COP(=O)(O)OP(=O)(O)OP(=O)(O)OC[C@H]3O[C@@H](n4ccc(=O)[nH]c4=O)C(O)[C@H]3O)C(O)C2O)c(=O)[nH]1. The minimum Gasteiger partial charge on any atom is -0.387 e. The van der Waals surface area contributed by atoms with Crippen molar-refractivity contribution in [3.8, 4) is 0 Å². The van der Waals surface area contributed by atoms with Crippen LogP contribution in [0.5, 0.6) is 0 Å².